The monoisotopic (exact) mass is 1060 g/mol. The van der Waals surface area contributed by atoms with E-state index in [1.807, 2.05) is 44.6 Å². The Labute approximate surface area is 451 Å². The number of Topliss-reactive ketones (excluding diaryl/α,β-unsaturated/α-hetero) is 1. The van der Waals surface area contributed by atoms with Gasteiger partial charge in [-0.2, -0.15) is 11.8 Å². The molecule has 0 unspecified atom stereocenters. The molecule has 4 saturated carbocycles. The highest BCUT2D eigenvalue weighted by molar-refractivity contribution is 7.97. The highest BCUT2D eigenvalue weighted by atomic mass is 32.2. The maximum absolute atomic E-state index is 11.3. The summed E-state index contributed by atoms with van der Waals surface area (Å²) in [6.45, 7) is 27.3. The first kappa shape index (κ1) is 77.7. The van der Waals surface area contributed by atoms with Gasteiger partial charge in [0.15, 0.2) is 0 Å². The van der Waals surface area contributed by atoms with Crippen molar-refractivity contribution in [2.75, 3.05) is 60.6 Å². The van der Waals surface area contributed by atoms with Gasteiger partial charge in [-0.1, -0.05) is 151 Å². The van der Waals surface area contributed by atoms with Crippen molar-refractivity contribution < 1.29 is 51.3 Å². The Morgan fingerprint density at radius 2 is 0.767 bits per heavy atom. The predicted molar refractivity (Wildman–Crippen MR) is 312 cm³/mol. The topological polar surface area (TPSA) is 149 Å². The smallest absolute Gasteiger partial charge is 0.469 e. The van der Waals surface area contributed by atoms with E-state index in [2.05, 4.69) is 123 Å². The molecular formula is C60H104O11S2. The number of esters is 2. The number of ketones is 1. The molecule has 0 radical (unpaired) electrons. The zero-order valence-electron chi connectivity index (χ0n) is 47.2. The van der Waals surface area contributed by atoms with Gasteiger partial charge >= 0.3 is 18.1 Å². The third-order valence-electron chi connectivity index (χ3n) is 11.4. The van der Waals surface area contributed by atoms with E-state index in [0.717, 1.165) is 18.1 Å². The van der Waals surface area contributed by atoms with Gasteiger partial charge in [0, 0.05) is 44.6 Å². The molecule has 1 aliphatic heterocycles. The maximum atomic E-state index is 11.3. The minimum Gasteiger partial charge on any atom is -0.469 e. The van der Waals surface area contributed by atoms with Gasteiger partial charge in [0.1, 0.15) is 21.2 Å². The molecule has 422 valence electrons. The summed E-state index contributed by atoms with van der Waals surface area (Å²) in [5.74, 6) is -0.291. The van der Waals surface area contributed by atoms with Gasteiger partial charge in [0.25, 0.3) is 0 Å². The second-order valence-corrected chi connectivity index (χ2v) is 24.5. The predicted octanol–water partition coefficient (Wildman–Crippen LogP) is 15.9. The molecular weight excluding hydrogens is 961 g/mol. The molecule has 9 rings (SSSR count). The summed E-state index contributed by atoms with van der Waals surface area (Å²) in [6, 6.07) is 24.9. The average Bonchev–Trinajstić information content (AvgIpc) is 3.60. The number of rotatable bonds is 0. The summed E-state index contributed by atoms with van der Waals surface area (Å²) < 4.78 is 40.9. The number of carbonyl (C=O) groups is 4. The summed E-state index contributed by atoms with van der Waals surface area (Å²) >= 11 is 1.75. The van der Waals surface area contributed by atoms with Gasteiger partial charge in [-0.25, -0.2) is 18.0 Å². The molecule has 3 aromatic rings. The van der Waals surface area contributed by atoms with Crippen molar-refractivity contribution in [3.63, 3.8) is 0 Å². The first-order chi connectivity index (χ1) is 32.1. The van der Waals surface area contributed by atoms with Crippen LogP contribution in [0.1, 0.15) is 184 Å². The van der Waals surface area contributed by atoms with E-state index in [-0.39, 0.29) is 45.4 Å². The number of cyclic esters (lactones) is 1. The van der Waals surface area contributed by atoms with E-state index in [0.29, 0.717) is 27.2 Å². The molecule has 0 amide bonds. The number of thioether (sulfide) groups is 1. The lowest BCUT2D eigenvalue weighted by Crippen LogP contribution is -2.57. The van der Waals surface area contributed by atoms with Crippen LogP contribution in [0.5, 0.6) is 0 Å². The minimum absolute atomic E-state index is 0. The molecule has 0 saturated heterocycles. The van der Waals surface area contributed by atoms with E-state index in [1.165, 1.54) is 109 Å². The number of carbonyl (C=O) groups excluding carboxylic acids is 4. The molecule has 4 fully saturated rings. The van der Waals surface area contributed by atoms with Crippen LogP contribution in [0, 0.1) is 21.7 Å². The lowest BCUT2D eigenvalue weighted by molar-refractivity contribution is -0.176. The summed E-state index contributed by atoms with van der Waals surface area (Å²) in [4.78, 5) is 40.0. The second-order valence-electron chi connectivity index (χ2n) is 21.4. The maximum Gasteiger partial charge on any atom is 0.507 e. The van der Waals surface area contributed by atoms with Crippen molar-refractivity contribution in [1.29, 1.82) is 0 Å². The molecule has 6 aliphatic rings. The molecule has 0 spiro atoms. The lowest BCUT2D eigenvalue weighted by atomic mass is 9.37. The first-order valence-electron chi connectivity index (χ1n) is 23.7. The molecule has 0 N–H and O–H groups in total. The van der Waals surface area contributed by atoms with Crippen LogP contribution < -0.4 is 0 Å². The minimum atomic E-state index is -2.67. The van der Waals surface area contributed by atoms with Crippen molar-refractivity contribution in [1.82, 2.24) is 0 Å². The number of benzene rings is 3. The van der Waals surface area contributed by atoms with Crippen LogP contribution >= 0.6 is 11.8 Å². The van der Waals surface area contributed by atoms with Crippen LogP contribution in [0.3, 0.4) is 0 Å². The third-order valence-corrected chi connectivity index (χ3v) is 11.4. The Hall–Kier alpha value is -4.20. The fourth-order valence-electron chi connectivity index (χ4n) is 11.2. The van der Waals surface area contributed by atoms with Crippen LogP contribution in [-0.4, -0.2) is 92.9 Å². The molecule has 0 atom stereocenters. The van der Waals surface area contributed by atoms with E-state index in [4.69, 9.17) is 4.74 Å². The van der Waals surface area contributed by atoms with E-state index in [1.54, 1.807) is 32.0 Å². The Morgan fingerprint density at radius 1 is 0.548 bits per heavy atom. The van der Waals surface area contributed by atoms with Crippen molar-refractivity contribution in [3.8, 4) is 11.1 Å². The summed E-state index contributed by atoms with van der Waals surface area (Å²) in [5.41, 5.74) is 9.84. The van der Waals surface area contributed by atoms with Crippen molar-refractivity contribution in [3.05, 3.63) is 95.1 Å². The fourth-order valence-corrected chi connectivity index (χ4v) is 11.2. The van der Waals surface area contributed by atoms with E-state index < -0.39 is 21.6 Å². The third kappa shape index (κ3) is 28.3. The molecule has 5 aliphatic carbocycles. The van der Waals surface area contributed by atoms with Crippen LogP contribution in [0.4, 0.5) is 4.79 Å². The van der Waals surface area contributed by atoms with Gasteiger partial charge in [-0.05, 0) is 129 Å². The summed E-state index contributed by atoms with van der Waals surface area (Å²) in [7, 11) is 4.44. The molecule has 11 nitrogen and oxygen atoms in total. The number of hydrogen-bond donors (Lipinski definition) is 0. The zero-order chi connectivity index (χ0) is 55.0. The number of methoxy groups -OCH3 is 4. The summed E-state index contributed by atoms with van der Waals surface area (Å²) in [5, 5.41) is 0. The highest BCUT2D eigenvalue weighted by Gasteiger charge is 2.62. The molecule has 73 heavy (non-hydrogen) atoms. The van der Waals surface area contributed by atoms with E-state index >= 15 is 0 Å². The molecule has 0 aromatic heterocycles. The van der Waals surface area contributed by atoms with Crippen LogP contribution in [-0.2, 0) is 54.1 Å². The number of hydrogen-bond acceptors (Lipinski definition) is 12. The number of ether oxygens (including phenoxy) is 5. The highest BCUT2D eigenvalue weighted by Crippen LogP contribution is 2.73. The van der Waals surface area contributed by atoms with Crippen LogP contribution in [0.15, 0.2) is 72.8 Å². The Morgan fingerprint density at radius 3 is 0.973 bits per heavy atom. The molecule has 3 aromatic carbocycles. The van der Waals surface area contributed by atoms with E-state index in [9.17, 15) is 27.6 Å². The largest absolute Gasteiger partial charge is 0.507 e. The average molecular weight is 1070 g/mol. The molecule has 1 heterocycles. The lowest BCUT2D eigenvalue weighted by Gasteiger charge is -2.68. The first-order valence-corrected chi connectivity index (χ1v) is 27.7. The molecule has 13 heteroatoms. The van der Waals surface area contributed by atoms with Gasteiger partial charge < -0.3 is 28.5 Å². The SMILES string of the molecule is C.C.C.CC(C)=O.CC1(C)OC(=O)c2ccccc21.CC1(C)c2ccccc2-c2ccccc21.CC12CC3(C)CC(C)(C1)CC(C)(C2)C3.CCC.COC.COC(=O)OC.COC(C)=O.CS(C)(=O)=O.CSC. The molecule has 4 bridgehead atoms. The van der Waals surface area contributed by atoms with Gasteiger partial charge in [-0.15, -0.1) is 0 Å². The van der Waals surface area contributed by atoms with Crippen LogP contribution in [0.25, 0.3) is 11.1 Å². The van der Waals surface area contributed by atoms with Gasteiger partial charge in [0.05, 0.1) is 26.9 Å². The fraction of sp³-hybridized carbons (Fsp3) is 0.633. The Bertz CT molecular complexity index is 2010. The normalized spacial score (nSPS) is 21.9. The van der Waals surface area contributed by atoms with Gasteiger partial charge in [-0.3, -0.25) is 4.79 Å². The van der Waals surface area contributed by atoms with Crippen molar-refractivity contribution >= 4 is 45.5 Å². The number of sulfone groups is 1. The Balaban J connectivity index is -0.000000249. The van der Waals surface area contributed by atoms with Crippen molar-refractivity contribution in [2.45, 2.75) is 168 Å². The summed E-state index contributed by atoms with van der Waals surface area (Å²) in [6.07, 6.45) is 16.0. The van der Waals surface area contributed by atoms with Crippen molar-refractivity contribution in [2.24, 2.45) is 21.7 Å². The zero-order valence-corrected chi connectivity index (χ0v) is 48.8. The number of fused-ring (bicyclic) bond motifs is 4. The van der Waals surface area contributed by atoms with Crippen LogP contribution in [0.2, 0.25) is 0 Å². The second kappa shape index (κ2) is 35.1. The van der Waals surface area contributed by atoms with Gasteiger partial charge in [0.2, 0.25) is 0 Å². The standard InChI is InChI=1S/C15H14.C14H24.C10H10O2.C3H6O3.C3H6O2.C3H6O.C3H8.C2H6O2S.C2H6O.C2H6S.3CH4/c1-15(2)13-9-5-3-7-11(13)12-8-4-6-10-14(12)15;1-11-5-12(2)8-13(3,6-11)10-14(4,7-11)9-12;1-10(2)8-6-4-3-5-7(8)9(11)12-10;1-5-3(4)6-2;1-3(4)5-2;1-3(2)4;1-3-2;1-5(2,3)4;2*1-3-2;;;/h3-10H,1-2H3;5-10H2,1-4H3;3-6H,1-2H3;1-2H3;1-2H3;1-2H3;3H2,1-2H3;1-2H3;2*1-2H3;3*1H4. The Kier molecular flexibility index (Phi) is 37.4. The quantitative estimate of drug-likeness (QED) is 0.156.